The van der Waals surface area contributed by atoms with E-state index in [0.717, 1.165) is 23.1 Å². The molecule has 4 heteroatoms. The van der Waals surface area contributed by atoms with Crippen molar-refractivity contribution >= 4 is 10.2 Å². The first-order chi connectivity index (χ1) is 6.14. The Bertz CT molecular complexity index is 126. The molecule has 0 aliphatic rings. The number of unbranched alkanes of at least 4 members (excludes halogenated alkanes) is 1. The average molecular weight is 206 g/mol. The summed E-state index contributed by atoms with van der Waals surface area (Å²) in [6.45, 7) is 2.17. The Morgan fingerprint density at radius 3 is 2.08 bits per heavy atom. The summed E-state index contributed by atoms with van der Waals surface area (Å²) in [5.41, 5.74) is -0.482. The van der Waals surface area contributed by atoms with Gasteiger partial charge >= 0.3 is 0 Å². The van der Waals surface area contributed by atoms with Crippen molar-refractivity contribution in [3.05, 3.63) is 0 Å². The van der Waals surface area contributed by atoms with Gasteiger partial charge in [-0.2, -0.15) is 0 Å². The normalized spacial score (nSPS) is 14.8. The molecule has 0 amide bonds. The number of rotatable bonds is 7. The van der Waals surface area contributed by atoms with E-state index < -0.39 is 5.41 Å². The predicted octanol–water partition coefficient (Wildman–Crippen LogP) is 0.504. The molecule has 0 saturated heterocycles. The Morgan fingerprint density at radius 2 is 1.77 bits per heavy atom. The van der Waals surface area contributed by atoms with Crippen LogP contribution in [0.1, 0.15) is 26.2 Å². The van der Waals surface area contributed by atoms with Crippen molar-refractivity contribution in [1.82, 2.24) is 0 Å². The van der Waals surface area contributed by atoms with E-state index >= 15 is 0 Å². The molecular formula is C9H22O3Si. The highest BCUT2D eigenvalue weighted by Gasteiger charge is 2.33. The molecule has 80 valence electrons. The van der Waals surface area contributed by atoms with Gasteiger partial charge in [0.2, 0.25) is 0 Å². The van der Waals surface area contributed by atoms with Gasteiger partial charge in [-0.25, -0.2) is 0 Å². The van der Waals surface area contributed by atoms with Crippen LogP contribution < -0.4 is 0 Å². The maximum Gasteiger partial charge on any atom is 0.165 e. The van der Waals surface area contributed by atoms with Crippen LogP contribution >= 0.6 is 0 Å². The molecule has 0 aliphatic carbocycles. The number of hydrogen-bond acceptors (Lipinski definition) is 3. The van der Waals surface area contributed by atoms with Gasteiger partial charge in [0.05, 0.1) is 10.2 Å². The summed E-state index contributed by atoms with van der Waals surface area (Å²) in [5.74, 6) is 0. The lowest BCUT2D eigenvalue weighted by molar-refractivity contribution is -0.209. The standard InChI is InChI=1S/C9H22O3Si/c1-5-6-7-8(10-2)9(13,11-3)12-4/h8H,5-7H2,1-4,13H3. The van der Waals surface area contributed by atoms with Gasteiger partial charge in [-0.3, -0.25) is 0 Å². The van der Waals surface area contributed by atoms with E-state index in [1.54, 1.807) is 21.3 Å². The first-order valence-corrected chi connectivity index (χ1v) is 5.77. The molecule has 0 aromatic heterocycles. The molecule has 1 atom stereocenters. The van der Waals surface area contributed by atoms with Gasteiger partial charge in [0.25, 0.3) is 0 Å². The third kappa shape index (κ3) is 3.77. The molecule has 0 saturated carbocycles. The molecule has 0 fully saturated rings. The van der Waals surface area contributed by atoms with Gasteiger partial charge in [-0.05, 0) is 6.42 Å². The smallest absolute Gasteiger partial charge is 0.165 e. The van der Waals surface area contributed by atoms with E-state index in [4.69, 9.17) is 14.2 Å². The molecular weight excluding hydrogens is 184 g/mol. The zero-order chi connectivity index (χ0) is 10.3. The molecule has 0 heterocycles. The summed E-state index contributed by atoms with van der Waals surface area (Å²) in [6, 6.07) is 0. The molecule has 0 spiro atoms. The highest BCUT2D eigenvalue weighted by molar-refractivity contribution is 6.13. The summed E-state index contributed by atoms with van der Waals surface area (Å²) in [5, 5.41) is 0. The lowest BCUT2D eigenvalue weighted by Crippen LogP contribution is -2.47. The Labute approximate surface area is 84.2 Å². The van der Waals surface area contributed by atoms with Crippen LogP contribution in [-0.2, 0) is 14.2 Å². The highest BCUT2D eigenvalue weighted by atomic mass is 28.1. The van der Waals surface area contributed by atoms with Gasteiger partial charge in [0.15, 0.2) is 5.41 Å². The van der Waals surface area contributed by atoms with Crippen LogP contribution in [0.15, 0.2) is 0 Å². The predicted molar refractivity (Wildman–Crippen MR) is 57.0 cm³/mol. The Kier molecular flexibility index (Phi) is 6.58. The van der Waals surface area contributed by atoms with E-state index in [2.05, 4.69) is 6.92 Å². The summed E-state index contributed by atoms with van der Waals surface area (Å²) in [6.07, 6.45) is 3.38. The summed E-state index contributed by atoms with van der Waals surface area (Å²) >= 11 is 0. The van der Waals surface area contributed by atoms with Crippen LogP contribution in [0, 0.1) is 0 Å². The van der Waals surface area contributed by atoms with E-state index in [1.807, 2.05) is 0 Å². The van der Waals surface area contributed by atoms with E-state index in [9.17, 15) is 0 Å². The minimum Gasteiger partial charge on any atom is -0.376 e. The molecule has 13 heavy (non-hydrogen) atoms. The molecule has 0 radical (unpaired) electrons. The first kappa shape index (κ1) is 13.1. The van der Waals surface area contributed by atoms with Crippen molar-refractivity contribution in [3.8, 4) is 0 Å². The van der Waals surface area contributed by atoms with Gasteiger partial charge in [-0.1, -0.05) is 19.8 Å². The fourth-order valence-electron chi connectivity index (χ4n) is 1.33. The Morgan fingerprint density at radius 1 is 1.23 bits per heavy atom. The summed E-state index contributed by atoms with van der Waals surface area (Å²) < 4.78 is 16.1. The lowest BCUT2D eigenvalue weighted by Gasteiger charge is -2.34. The molecule has 0 aliphatic heterocycles. The lowest BCUT2D eigenvalue weighted by atomic mass is 10.1. The monoisotopic (exact) mass is 206 g/mol. The fourth-order valence-corrected chi connectivity index (χ4v) is 1.85. The largest absolute Gasteiger partial charge is 0.376 e. The fraction of sp³-hybridized carbons (Fsp3) is 1.00. The Balaban J connectivity index is 4.16. The second kappa shape index (κ2) is 6.54. The molecule has 0 bridgehead atoms. The number of hydrogen-bond donors (Lipinski definition) is 0. The van der Waals surface area contributed by atoms with Crippen LogP contribution in [0.5, 0.6) is 0 Å². The van der Waals surface area contributed by atoms with Crippen LogP contribution in [0.25, 0.3) is 0 Å². The third-order valence-corrected chi connectivity index (χ3v) is 3.96. The SMILES string of the molecule is CCCCC(OC)C([SiH3])(OC)OC. The van der Waals surface area contributed by atoms with Crippen molar-refractivity contribution < 1.29 is 14.2 Å². The Hall–Kier alpha value is 0.0969. The van der Waals surface area contributed by atoms with Gasteiger partial charge in [0.1, 0.15) is 6.10 Å². The third-order valence-electron chi connectivity index (χ3n) is 2.50. The maximum atomic E-state index is 5.38. The highest BCUT2D eigenvalue weighted by Crippen LogP contribution is 2.19. The zero-order valence-corrected chi connectivity index (χ0v) is 11.4. The van der Waals surface area contributed by atoms with E-state index in [-0.39, 0.29) is 6.10 Å². The molecule has 0 rings (SSSR count). The van der Waals surface area contributed by atoms with Crippen LogP contribution in [-0.4, -0.2) is 43.1 Å². The average Bonchev–Trinajstić information content (AvgIpc) is 2.18. The van der Waals surface area contributed by atoms with Crippen LogP contribution in [0.2, 0.25) is 0 Å². The van der Waals surface area contributed by atoms with Gasteiger partial charge in [-0.15, -0.1) is 0 Å². The second-order valence-corrected chi connectivity index (χ2v) is 4.68. The molecule has 0 N–H and O–H groups in total. The topological polar surface area (TPSA) is 27.7 Å². The molecule has 0 aromatic rings. The summed E-state index contributed by atoms with van der Waals surface area (Å²) in [4.78, 5) is 0. The summed E-state index contributed by atoms with van der Waals surface area (Å²) in [7, 11) is 5.87. The van der Waals surface area contributed by atoms with Gasteiger partial charge < -0.3 is 14.2 Å². The van der Waals surface area contributed by atoms with Crippen molar-refractivity contribution in [1.29, 1.82) is 0 Å². The minimum atomic E-state index is -0.482. The number of ether oxygens (including phenoxy) is 3. The van der Waals surface area contributed by atoms with Crippen LogP contribution in [0.3, 0.4) is 0 Å². The zero-order valence-electron chi connectivity index (χ0n) is 9.42. The molecule has 3 nitrogen and oxygen atoms in total. The first-order valence-electron chi connectivity index (χ1n) is 4.77. The number of methoxy groups -OCH3 is 3. The minimum absolute atomic E-state index is 0.0640. The van der Waals surface area contributed by atoms with Gasteiger partial charge in [0, 0.05) is 21.3 Å². The van der Waals surface area contributed by atoms with Crippen molar-refractivity contribution in [2.45, 2.75) is 37.7 Å². The second-order valence-electron chi connectivity index (χ2n) is 3.29. The van der Waals surface area contributed by atoms with E-state index in [0.29, 0.717) is 0 Å². The maximum absolute atomic E-state index is 5.38. The molecule has 1 unspecified atom stereocenters. The molecule has 0 aromatic carbocycles. The van der Waals surface area contributed by atoms with E-state index in [1.165, 1.54) is 6.42 Å². The van der Waals surface area contributed by atoms with Crippen molar-refractivity contribution in [2.24, 2.45) is 0 Å². The van der Waals surface area contributed by atoms with Crippen molar-refractivity contribution in [3.63, 3.8) is 0 Å². The van der Waals surface area contributed by atoms with Crippen LogP contribution in [0.4, 0.5) is 0 Å². The quantitative estimate of drug-likeness (QED) is 0.448. The van der Waals surface area contributed by atoms with Crippen molar-refractivity contribution in [2.75, 3.05) is 21.3 Å².